The third kappa shape index (κ3) is 3.62. The number of nitrogens with zero attached hydrogens (tertiary/aromatic N) is 1. The van der Waals surface area contributed by atoms with Gasteiger partial charge in [0.1, 0.15) is 0 Å². The number of aromatic amines is 1. The number of hydrogen-bond donors (Lipinski definition) is 2. The smallest absolute Gasteiger partial charge is 0.0677 e. The van der Waals surface area contributed by atoms with Gasteiger partial charge in [-0.05, 0) is 57.4 Å². The molecular formula is C20H25N3. The number of aromatic nitrogens is 2. The minimum absolute atomic E-state index is 0.931. The molecule has 0 aliphatic heterocycles. The molecule has 3 rings (SSSR count). The first-order valence-corrected chi connectivity index (χ1v) is 8.34. The number of fused-ring (bicyclic) bond motifs is 1. The van der Waals surface area contributed by atoms with Crippen LogP contribution in [0.25, 0.3) is 10.9 Å². The van der Waals surface area contributed by atoms with Crippen LogP contribution in [0.5, 0.6) is 0 Å². The molecule has 0 atom stereocenters. The Labute approximate surface area is 138 Å². The van der Waals surface area contributed by atoms with Gasteiger partial charge in [0.15, 0.2) is 0 Å². The van der Waals surface area contributed by atoms with Gasteiger partial charge in [-0.15, -0.1) is 0 Å². The Bertz CT molecular complexity index is 802. The normalized spacial score (nSPS) is 11.3. The van der Waals surface area contributed by atoms with Crippen molar-refractivity contribution in [3.8, 4) is 0 Å². The number of aryl methyl sites for hydroxylation is 4. The number of benzene rings is 1. The van der Waals surface area contributed by atoms with E-state index in [-0.39, 0.29) is 0 Å². The Morgan fingerprint density at radius 3 is 2.83 bits per heavy atom. The lowest BCUT2D eigenvalue weighted by Crippen LogP contribution is -2.15. The molecule has 0 spiro atoms. The lowest BCUT2D eigenvalue weighted by Gasteiger charge is -2.06. The highest BCUT2D eigenvalue weighted by Gasteiger charge is 2.08. The second-order valence-electron chi connectivity index (χ2n) is 6.32. The zero-order valence-electron chi connectivity index (χ0n) is 14.2. The van der Waals surface area contributed by atoms with Crippen LogP contribution >= 0.6 is 0 Å². The molecule has 0 bridgehead atoms. The molecule has 0 radical (unpaired) electrons. The van der Waals surface area contributed by atoms with Crippen molar-refractivity contribution >= 4 is 10.9 Å². The molecule has 0 aliphatic carbocycles. The molecule has 3 heteroatoms. The van der Waals surface area contributed by atoms with Crippen molar-refractivity contribution < 1.29 is 0 Å². The quantitative estimate of drug-likeness (QED) is 0.670. The first-order valence-electron chi connectivity index (χ1n) is 8.34. The lowest BCUT2D eigenvalue weighted by molar-refractivity contribution is 0.646. The second kappa shape index (κ2) is 6.97. The number of H-pyrrole nitrogens is 1. The summed E-state index contributed by atoms with van der Waals surface area (Å²) >= 11 is 0. The summed E-state index contributed by atoms with van der Waals surface area (Å²) in [6.07, 6.45) is 4.02. The van der Waals surface area contributed by atoms with Gasteiger partial charge in [-0.1, -0.05) is 29.8 Å². The molecule has 1 aromatic carbocycles. The van der Waals surface area contributed by atoms with E-state index >= 15 is 0 Å². The number of hydrogen-bond acceptors (Lipinski definition) is 2. The van der Waals surface area contributed by atoms with Crippen molar-refractivity contribution in [2.45, 2.75) is 40.2 Å². The van der Waals surface area contributed by atoms with E-state index in [1.807, 2.05) is 6.20 Å². The maximum absolute atomic E-state index is 4.57. The van der Waals surface area contributed by atoms with Crippen molar-refractivity contribution in [1.29, 1.82) is 0 Å². The van der Waals surface area contributed by atoms with E-state index in [1.54, 1.807) is 0 Å². The highest BCUT2D eigenvalue weighted by Crippen LogP contribution is 2.23. The molecule has 120 valence electrons. The summed E-state index contributed by atoms with van der Waals surface area (Å²) in [6.45, 7) is 8.37. The molecular weight excluding hydrogens is 282 g/mol. The van der Waals surface area contributed by atoms with E-state index < -0.39 is 0 Å². The molecule has 0 unspecified atom stereocenters. The van der Waals surface area contributed by atoms with E-state index in [9.17, 15) is 0 Å². The van der Waals surface area contributed by atoms with Gasteiger partial charge < -0.3 is 10.3 Å². The lowest BCUT2D eigenvalue weighted by atomic mass is 10.1. The van der Waals surface area contributed by atoms with Crippen molar-refractivity contribution in [1.82, 2.24) is 15.3 Å². The topological polar surface area (TPSA) is 40.7 Å². The highest BCUT2D eigenvalue weighted by atomic mass is 14.8. The van der Waals surface area contributed by atoms with Gasteiger partial charge in [0.2, 0.25) is 0 Å². The summed E-state index contributed by atoms with van der Waals surface area (Å²) < 4.78 is 0. The van der Waals surface area contributed by atoms with E-state index in [1.165, 1.54) is 39.0 Å². The molecule has 3 nitrogen and oxygen atoms in total. The van der Waals surface area contributed by atoms with Gasteiger partial charge in [-0.25, -0.2) is 0 Å². The molecule has 0 amide bonds. The molecule has 2 aromatic heterocycles. The maximum atomic E-state index is 4.57. The fraction of sp³-hybridized carbons (Fsp3) is 0.350. The van der Waals surface area contributed by atoms with Crippen LogP contribution in [0.3, 0.4) is 0 Å². The van der Waals surface area contributed by atoms with E-state index in [0.29, 0.717) is 0 Å². The Kier molecular flexibility index (Phi) is 4.77. The van der Waals surface area contributed by atoms with Crippen LogP contribution in [0.1, 0.15) is 34.5 Å². The highest BCUT2D eigenvalue weighted by molar-refractivity contribution is 5.85. The molecule has 0 saturated carbocycles. The molecule has 2 N–H and O–H groups in total. The number of pyridine rings is 1. The molecule has 0 saturated heterocycles. The zero-order valence-corrected chi connectivity index (χ0v) is 14.2. The molecule has 0 aliphatic rings. The van der Waals surface area contributed by atoms with E-state index in [4.69, 9.17) is 0 Å². The van der Waals surface area contributed by atoms with Crippen LogP contribution in [0, 0.1) is 20.8 Å². The number of rotatable bonds is 6. The van der Waals surface area contributed by atoms with Crippen LogP contribution in [-0.4, -0.2) is 16.5 Å². The van der Waals surface area contributed by atoms with Crippen molar-refractivity contribution in [3.05, 3.63) is 64.6 Å². The monoisotopic (exact) mass is 307 g/mol. The van der Waals surface area contributed by atoms with Gasteiger partial charge in [0.05, 0.1) is 11.2 Å². The fourth-order valence-electron chi connectivity index (χ4n) is 3.07. The average molecular weight is 307 g/mol. The summed E-state index contributed by atoms with van der Waals surface area (Å²) in [7, 11) is 0. The summed E-state index contributed by atoms with van der Waals surface area (Å²) in [5, 5.41) is 4.83. The minimum Gasteiger partial charge on any atom is -0.357 e. The SMILES string of the molecule is Cc1cccc(CNCCCc2nccc3c(C)c(C)[nH]c23)c1. The average Bonchev–Trinajstić information content (AvgIpc) is 2.83. The van der Waals surface area contributed by atoms with Crippen molar-refractivity contribution in [2.24, 2.45) is 0 Å². The van der Waals surface area contributed by atoms with Crippen molar-refractivity contribution in [3.63, 3.8) is 0 Å². The van der Waals surface area contributed by atoms with Crippen LogP contribution in [0.4, 0.5) is 0 Å². The Hall–Kier alpha value is -2.13. The van der Waals surface area contributed by atoms with Crippen LogP contribution in [0.15, 0.2) is 36.5 Å². The molecule has 0 fully saturated rings. The van der Waals surface area contributed by atoms with Gasteiger partial charge in [0, 0.05) is 23.8 Å². The van der Waals surface area contributed by atoms with E-state index in [2.05, 4.69) is 66.4 Å². The van der Waals surface area contributed by atoms with E-state index in [0.717, 1.165) is 25.9 Å². The Morgan fingerprint density at radius 1 is 1.13 bits per heavy atom. The summed E-state index contributed by atoms with van der Waals surface area (Å²) in [6, 6.07) is 10.8. The van der Waals surface area contributed by atoms with Crippen LogP contribution < -0.4 is 5.32 Å². The first kappa shape index (κ1) is 15.8. The van der Waals surface area contributed by atoms with Crippen molar-refractivity contribution in [2.75, 3.05) is 6.54 Å². The molecule has 23 heavy (non-hydrogen) atoms. The predicted molar refractivity (Wildman–Crippen MR) is 96.8 cm³/mol. The third-order valence-corrected chi connectivity index (χ3v) is 4.49. The zero-order chi connectivity index (χ0) is 16.2. The van der Waals surface area contributed by atoms with Gasteiger partial charge in [0.25, 0.3) is 0 Å². The van der Waals surface area contributed by atoms with Gasteiger partial charge in [-0.2, -0.15) is 0 Å². The summed E-state index contributed by atoms with van der Waals surface area (Å²) in [4.78, 5) is 8.06. The largest absolute Gasteiger partial charge is 0.357 e. The summed E-state index contributed by atoms with van der Waals surface area (Å²) in [5.41, 5.74) is 7.63. The van der Waals surface area contributed by atoms with Crippen LogP contribution in [-0.2, 0) is 13.0 Å². The Balaban J connectivity index is 1.54. The number of nitrogens with one attached hydrogen (secondary N) is 2. The molecule has 2 heterocycles. The third-order valence-electron chi connectivity index (χ3n) is 4.49. The van der Waals surface area contributed by atoms with Gasteiger partial charge in [-0.3, -0.25) is 4.98 Å². The maximum Gasteiger partial charge on any atom is 0.0677 e. The molecule has 3 aromatic rings. The second-order valence-corrected chi connectivity index (χ2v) is 6.32. The van der Waals surface area contributed by atoms with Crippen LogP contribution in [0.2, 0.25) is 0 Å². The Morgan fingerprint density at radius 2 is 2.00 bits per heavy atom. The summed E-state index contributed by atoms with van der Waals surface area (Å²) in [5.74, 6) is 0. The standard InChI is InChI=1S/C20H25N3/c1-14-6-4-7-17(12-14)13-21-10-5-8-19-20-18(9-11-22-19)15(2)16(3)23-20/h4,6-7,9,11-12,21,23H,5,8,10,13H2,1-3H3. The fourth-order valence-corrected chi connectivity index (χ4v) is 3.07. The minimum atomic E-state index is 0.931. The first-order chi connectivity index (χ1) is 11.1. The van der Waals surface area contributed by atoms with Gasteiger partial charge >= 0.3 is 0 Å². The predicted octanol–water partition coefficient (Wildman–Crippen LogP) is 4.21.